The van der Waals surface area contributed by atoms with Gasteiger partial charge in [-0.1, -0.05) is 12.1 Å². The molecule has 1 atom stereocenters. The Morgan fingerprint density at radius 3 is 2.56 bits per heavy atom. The molecular formula is C13H16F3NO. The third-order valence-electron chi connectivity index (χ3n) is 3.31. The Kier molecular flexibility index (Phi) is 3.64. The molecule has 0 heterocycles. The first-order chi connectivity index (χ1) is 8.36. The Morgan fingerprint density at radius 1 is 1.33 bits per heavy atom. The SMILES string of the molecule is CC(NC1CC(O)C1)c1cccc(C(F)(F)F)c1. The van der Waals surface area contributed by atoms with Crippen molar-refractivity contribution in [2.75, 3.05) is 0 Å². The second kappa shape index (κ2) is 4.90. The maximum Gasteiger partial charge on any atom is 0.416 e. The van der Waals surface area contributed by atoms with Crippen molar-refractivity contribution in [3.63, 3.8) is 0 Å². The molecule has 0 radical (unpaired) electrons. The van der Waals surface area contributed by atoms with Crippen LogP contribution in [0.3, 0.4) is 0 Å². The van der Waals surface area contributed by atoms with Gasteiger partial charge < -0.3 is 10.4 Å². The summed E-state index contributed by atoms with van der Waals surface area (Å²) in [6, 6.07) is 5.40. The molecule has 2 nitrogen and oxygen atoms in total. The number of rotatable bonds is 3. The van der Waals surface area contributed by atoms with E-state index in [0.29, 0.717) is 18.4 Å². The van der Waals surface area contributed by atoms with E-state index in [0.717, 1.165) is 6.07 Å². The molecule has 0 amide bonds. The van der Waals surface area contributed by atoms with E-state index in [4.69, 9.17) is 5.11 Å². The van der Waals surface area contributed by atoms with Gasteiger partial charge in [-0.2, -0.15) is 13.2 Å². The molecule has 2 rings (SSSR count). The van der Waals surface area contributed by atoms with Crippen LogP contribution in [0.4, 0.5) is 13.2 Å². The van der Waals surface area contributed by atoms with Crippen LogP contribution in [0.2, 0.25) is 0 Å². The van der Waals surface area contributed by atoms with Crippen LogP contribution in [0.15, 0.2) is 24.3 Å². The minimum atomic E-state index is -4.30. The van der Waals surface area contributed by atoms with Crippen molar-refractivity contribution in [2.24, 2.45) is 0 Å². The molecule has 1 unspecified atom stereocenters. The Balaban J connectivity index is 2.03. The van der Waals surface area contributed by atoms with E-state index in [-0.39, 0.29) is 18.2 Å². The van der Waals surface area contributed by atoms with E-state index in [1.54, 1.807) is 6.07 Å². The molecule has 0 aromatic heterocycles. The molecule has 0 bridgehead atoms. The summed E-state index contributed by atoms with van der Waals surface area (Å²) in [5.74, 6) is 0. The zero-order valence-corrected chi connectivity index (χ0v) is 10.0. The number of aliphatic hydroxyl groups is 1. The van der Waals surface area contributed by atoms with Crippen molar-refractivity contribution < 1.29 is 18.3 Å². The highest BCUT2D eigenvalue weighted by molar-refractivity contribution is 5.27. The molecule has 0 aliphatic heterocycles. The number of halogens is 3. The summed E-state index contributed by atoms with van der Waals surface area (Å²) in [5, 5.41) is 12.4. The quantitative estimate of drug-likeness (QED) is 0.874. The fourth-order valence-electron chi connectivity index (χ4n) is 2.16. The van der Waals surface area contributed by atoms with Gasteiger partial charge in [0.2, 0.25) is 0 Å². The standard InChI is InChI=1S/C13H16F3NO/c1-8(17-11-6-12(18)7-11)9-3-2-4-10(5-9)13(14,15)16/h2-5,8,11-12,17-18H,6-7H2,1H3. The van der Waals surface area contributed by atoms with Gasteiger partial charge in [-0.15, -0.1) is 0 Å². The van der Waals surface area contributed by atoms with Crippen LogP contribution in [-0.4, -0.2) is 17.3 Å². The summed E-state index contributed by atoms with van der Waals surface area (Å²) in [6.45, 7) is 1.83. The van der Waals surface area contributed by atoms with Gasteiger partial charge in [-0.3, -0.25) is 0 Å². The number of benzene rings is 1. The Morgan fingerprint density at radius 2 is 2.00 bits per heavy atom. The molecule has 5 heteroatoms. The highest BCUT2D eigenvalue weighted by atomic mass is 19.4. The number of nitrogens with one attached hydrogen (secondary N) is 1. The summed E-state index contributed by atoms with van der Waals surface area (Å²) in [5.41, 5.74) is -0.00601. The van der Waals surface area contributed by atoms with E-state index >= 15 is 0 Å². The number of hydrogen-bond donors (Lipinski definition) is 2. The van der Waals surface area contributed by atoms with E-state index in [9.17, 15) is 13.2 Å². The van der Waals surface area contributed by atoms with Crippen LogP contribution in [0, 0.1) is 0 Å². The zero-order chi connectivity index (χ0) is 13.3. The molecule has 1 aromatic rings. The second-order valence-corrected chi connectivity index (χ2v) is 4.83. The summed E-state index contributed by atoms with van der Waals surface area (Å²) in [4.78, 5) is 0. The topological polar surface area (TPSA) is 32.3 Å². The second-order valence-electron chi connectivity index (χ2n) is 4.83. The lowest BCUT2D eigenvalue weighted by Gasteiger charge is -2.34. The van der Waals surface area contributed by atoms with Gasteiger partial charge in [0.15, 0.2) is 0 Å². The van der Waals surface area contributed by atoms with Crippen LogP contribution in [-0.2, 0) is 6.18 Å². The molecule has 1 saturated carbocycles. The molecule has 2 N–H and O–H groups in total. The van der Waals surface area contributed by atoms with Crippen LogP contribution in [0.25, 0.3) is 0 Å². The smallest absolute Gasteiger partial charge is 0.393 e. The van der Waals surface area contributed by atoms with Gasteiger partial charge in [-0.05, 0) is 37.5 Å². The largest absolute Gasteiger partial charge is 0.416 e. The van der Waals surface area contributed by atoms with Crippen molar-refractivity contribution >= 4 is 0 Å². The van der Waals surface area contributed by atoms with Crippen molar-refractivity contribution in [1.29, 1.82) is 0 Å². The predicted octanol–water partition coefficient (Wildman–Crippen LogP) is 2.88. The molecule has 0 spiro atoms. The Bertz CT molecular complexity index is 413. The first-order valence-corrected chi connectivity index (χ1v) is 5.97. The van der Waals surface area contributed by atoms with Crippen LogP contribution in [0.5, 0.6) is 0 Å². The van der Waals surface area contributed by atoms with E-state index in [1.165, 1.54) is 12.1 Å². The van der Waals surface area contributed by atoms with Crippen molar-refractivity contribution in [2.45, 2.75) is 44.1 Å². The fraction of sp³-hybridized carbons (Fsp3) is 0.538. The molecular weight excluding hydrogens is 243 g/mol. The van der Waals surface area contributed by atoms with Crippen LogP contribution in [0.1, 0.15) is 36.9 Å². The minimum absolute atomic E-state index is 0.148. The first-order valence-electron chi connectivity index (χ1n) is 5.97. The van der Waals surface area contributed by atoms with Gasteiger partial charge in [0, 0.05) is 12.1 Å². The zero-order valence-electron chi connectivity index (χ0n) is 10.0. The van der Waals surface area contributed by atoms with Crippen molar-refractivity contribution in [3.05, 3.63) is 35.4 Å². The van der Waals surface area contributed by atoms with E-state index in [1.807, 2.05) is 6.92 Å². The molecule has 1 fully saturated rings. The molecule has 1 aliphatic rings. The number of alkyl halides is 3. The van der Waals surface area contributed by atoms with E-state index < -0.39 is 11.7 Å². The molecule has 1 aromatic carbocycles. The molecule has 18 heavy (non-hydrogen) atoms. The normalized spacial score (nSPS) is 25.6. The van der Waals surface area contributed by atoms with Gasteiger partial charge in [-0.25, -0.2) is 0 Å². The molecule has 1 aliphatic carbocycles. The molecule has 0 saturated heterocycles. The van der Waals surface area contributed by atoms with Gasteiger partial charge in [0.25, 0.3) is 0 Å². The van der Waals surface area contributed by atoms with Crippen LogP contribution < -0.4 is 5.32 Å². The average molecular weight is 259 g/mol. The third-order valence-corrected chi connectivity index (χ3v) is 3.31. The first kappa shape index (κ1) is 13.4. The lowest BCUT2D eigenvalue weighted by Crippen LogP contribution is -2.45. The fourth-order valence-corrected chi connectivity index (χ4v) is 2.16. The van der Waals surface area contributed by atoms with Gasteiger partial charge in [0.1, 0.15) is 0 Å². The Labute approximate surface area is 104 Å². The highest BCUT2D eigenvalue weighted by Crippen LogP contribution is 2.31. The van der Waals surface area contributed by atoms with Gasteiger partial charge >= 0.3 is 6.18 Å². The summed E-state index contributed by atoms with van der Waals surface area (Å²) >= 11 is 0. The lowest BCUT2D eigenvalue weighted by molar-refractivity contribution is -0.137. The van der Waals surface area contributed by atoms with E-state index in [2.05, 4.69) is 5.32 Å². The van der Waals surface area contributed by atoms with Crippen molar-refractivity contribution in [3.8, 4) is 0 Å². The minimum Gasteiger partial charge on any atom is -0.393 e. The lowest BCUT2D eigenvalue weighted by atomic mass is 9.88. The van der Waals surface area contributed by atoms with Gasteiger partial charge in [0.05, 0.1) is 11.7 Å². The maximum atomic E-state index is 12.6. The summed E-state index contributed by atoms with van der Waals surface area (Å²) < 4.78 is 37.7. The van der Waals surface area contributed by atoms with Crippen LogP contribution >= 0.6 is 0 Å². The third kappa shape index (κ3) is 3.03. The summed E-state index contributed by atoms with van der Waals surface area (Å²) in [6.07, 6.45) is -3.23. The highest BCUT2D eigenvalue weighted by Gasteiger charge is 2.31. The molecule has 100 valence electrons. The summed E-state index contributed by atoms with van der Waals surface area (Å²) in [7, 11) is 0. The average Bonchev–Trinajstić information content (AvgIpc) is 2.26. The monoisotopic (exact) mass is 259 g/mol. The van der Waals surface area contributed by atoms with Crippen molar-refractivity contribution in [1.82, 2.24) is 5.32 Å². The maximum absolute atomic E-state index is 12.6. The number of hydrogen-bond acceptors (Lipinski definition) is 2. The Hall–Kier alpha value is -1.07. The number of aliphatic hydroxyl groups excluding tert-OH is 1. The predicted molar refractivity (Wildman–Crippen MR) is 62.0 cm³/mol.